The molecule has 0 spiro atoms. The van der Waals surface area contributed by atoms with E-state index in [1.54, 1.807) is 18.2 Å². The topological polar surface area (TPSA) is 67.6 Å². The number of hydrogen-bond acceptors (Lipinski definition) is 4. The molecule has 3 N–H and O–H groups in total. The molecule has 1 amide bonds. The molecule has 0 saturated carbocycles. The van der Waals surface area contributed by atoms with E-state index in [2.05, 4.69) is 5.32 Å². The molecule has 0 aromatic heterocycles. The number of methoxy groups -OCH3 is 1. The van der Waals surface area contributed by atoms with Crippen molar-refractivity contribution in [3.63, 3.8) is 0 Å². The number of para-hydroxylation sites is 2. The Morgan fingerprint density at radius 2 is 1.86 bits per heavy atom. The third kappa shape index (κ3) is 3.08. The van der Waals surface area contributed by atoms with E-state index in [0.29, 0.717) is 17.0 Å². The Morgan fingerprint density at radius 1 is 1.14 bits per heavy atom. The number of nitrogens with one attached hydrogen (secondary N) is 1. The van der Waals surface area contributed by atoms with Gasteiger partial charge in [-0.05, 0) is 24.3 Å². The first kappa shape index (κ1) is 14.7. The fraction of sp³-hybridized carbons (Fsp3) is 0.188. The van der Waals surface area contributed by atoms with Gasteiger partial charge in [-0.3, -0.25) is 4.79 Å². The van der Waals surface area contributed by atoms with Crippen molar-refractivity contribution in [2.75, 3.05) is 37.2 Å². The van der Waals surface area contributed by atoms with E-state index in [1.165, 1.54) is 7.11 Å². The number of rotatable bonds is 4. The van der Waals surface area contributed by atoms with Crippen molar-refractivity contribution in [2.24, 2.45) is 0 Å². The first-order chi connectivity index (χ1) is 10.0. The molecular weight excluding hydrogens is 266 g/mol. The molecule has 2 aromatic rings. The van der Waals surface area contributed by atoms with E-state index in [4.69, 9.17) is 10.5 Å². The minimum Gasteiger partial charge on any atom is -0.496 e. The second kappa shape index (κ2) is 6.17. The van der Waals surface area contributed by atoms with Gasteiger partial charge < -0.3 is 20.7 Å². The van der Waals surface area contributed by atoms with Crippen LogP contribution in [0.25, 0.3) is 0 Å². The zero-order valence-corrected chi connectivity index (χ0v) is 12.4. The summed E-state index contributed by atoms with van der Waals surface area (Å²) >= 11 is 0. The van der Waals surface area contributed by atoms with E-state index in [0.717, 1.165) is 11.4 Å². The van der Waals surface area contributed by atoms with Crippen LogP contribution in [0, 0.1) is 0 Å². The molecule has 0 aliphatic carbocycles. The maximum atomic E-state index is 12.5. The standard InChI is InChI=1S/C16H19N3O2/c1-19(2)13-9-5-4-8-12(13)18-16(20)15-11(17)7-6-10-14(15)21-3/h4-10H,17H2,1-3H3,(H,18,20). The molecule has 0 atom stereocenters. The van der Waals surface area contributed by atoms with Gasteiger partial charge in [0.25, 0.3) is 5.91 Å². The first-order valence-corrected chi connectivity index (χ1v) is 6.54. The summed E-state index contributed by atoms with van der Waals surface area (Å²) in [5, 5.41) is 2.88. The van der Waals surface area contributed by atoms with Crippen molar-refractivity contribution in [3.05, 3.63) is 48.0 Å². The predicted octanol–water partition coefficient (Wildman–Crippen LogP) is 2.60. The average Bonchev–Trinajstić information content (AvgIpc) is 2.47. The SMILES string of the molecule is COc1cccc(N)c1C(=O)Nc1ccccc1N(C)C. The lowest BCUT2D eigenvalue weighted by molar-refractivity contribution is 0.102. The highest BCUT2D eigenvalue weighted by Crippen LogP contribution is 2.28. The van der Waals surface area contributed by atoms with Gasteiger partial charge in [0.1, 0.15) is 11.3 Å². The summed E-state index contributed by atoms with van der Waals surface area (Å²) in [5.74, 6) is 0.161. The van der Waals surface area contributed by atoms with Crippen LogP contribution < -0.4 is 20.7 Å². The third-order valence-electron chi connectivity index (χ3n) is 3.14. The zero-order valence-electron chi connectivity index (χ0n) is 12.4. The van der Waals surface area contributed by atoms with Gasteiger partial charge >= 0.3 is 0 Å². The fourth-order valence-electron chi connectivity index (χ4n) is 2.12. The van der Waals surface area contributed by atoms with Crippen molar-refractivity contribution >= 4 is 23.0 Å². The van der Waals surface area contributed by atoms with Crippen LogP contribution in [-0.4, -0.2) is 27.1 Å². The Labute approximate surface area is 124 Å². The number of carbonyl (C=O) groups excluding carboxylic acids is 1. The number of nitrogens with zero attached hydrogens (tertiary/aromatic N) is 1. The van der Waals surface area contributed by atoms with E-state index in [-0.39, 0.29) is 5.91 Å². The summed E-state index contributed by atoms with van der Waals surface area (Å²) in [4.78, 5) is 14.4. The maximum Gasteiger partial charge on any atom is 0.261 e. The molecule has 0 aliphatic heterocycles. The quantitative estimate of drug-likeness (QED) is 0.847. The molecule has 0 unspecified atom stereocenters. The molecular formula is C16H19N3O2. The summed E-state index contributed by atoms with van der Waals surface area (Å²) in [7, 11) is 5.35. The molecule has 0 heterocycles. The Bertz CT molecular complexity index is 654. The highest BCUT2D eigenvalue weighted by molar-refractivity contribution is 6.10. The summed E-state index contributed by atoms with van der Waals surface area (Å²) in [5.41, 5.74) is 8.26. The summed E-state index contributed by atoms with van der Waals surface area (Å²) in [6.45, 7) is 0. The number of amides is 1. The smallest absolute Gasteiger partial charge is 0.261 e. The zero-order chi connectivity index (χ0) is 15.4. The molecule has 5 nitrogen and oxygen atoms in total. The van der Waals surface area contributed by atoms with Crippen LogP contribution in [0.2, 0.25) is 0 Å². The van der Waals surface area contributed by atoms with Crippen molar-refractivity contribution in [3.8, 4) is 5.75 Å². The maximum absolute atomic E-state index is 12.5. The van der Waals surface area contributed by atoms with Crippen LogP contribution in [0.4, 0.5) is 17.1 Å². The highest BCUT2D eigenvalue weighted by atomic mass is 16.5. The Hall–Kier alpha value is -2.69. The number of nitrogens with two attached hydrogens (primary N) is 1. The van der Waals surface area contributed by atoms with Crippen LogP contribution in [0.5, 0.6) is 5.75 Å². The molecule has 0 fully saturated rings. The Morgan fingerprint density at radius 3 is 2.52 bits per heavy atom. The number of anilines is 3. The van der Waals surface area contributed by atoms with Gasteiger partial charge in [0, 0.05) is 19.8 Å². The first-order valence-electron chi connectivity index (χ1n) is 6.54. The normalized spacial score (nSPS) is 10.0. The van der Waals surface area contributed by atoms with Crippen molar-refractivity contribution < 1.29 is 9.53 Å². The minimum atomic E-state index is -0.292. The van der Waals surface area contributed by atoms with Crippen molar-refractivity contribution in [1.82, 2.24) is 0 Å². The largest absolute Gasteiger partial charge is 0.496 e. The summed E-state index contributed by atoms with van der Waals surface area (Å²) in [6, 6.07) is 12.7. The molecule has 5 heteroatoms. The number of hydrogen-bond donors (Lipinski definition) is 2. The minimum absolute atomic E-state index is 0.292. The molecule has 0 aliphatic rings. The Kier molecular flexibility index (Phi) is 4.33. The van der Waals surface area contributed by atoms with Gasteiger partial charge in [0.2, 0.25) is 0 Å². The van der Waals surface area contributed by atoms with Gasteiger partial charge in [-0.15, -0.1) is 0 Å². The lowest BCUT2D eigenvalue weighted by Gasteiger charge is -2.18. The summed E-state index contributed by atoms with van der Waals surface area (Å²) < 4.78 is 5.21. The molecule has 0 radical (unpaired) electrons. The average molecular weight is 285 g/mol. The highest BCUT2D eigenvalue weighted by Gasteiger charge is 2.17. The number of nitrogen functional groups attached to an aromatic ring is 1. The van der Waals surface area contributed by atoms with Crippen molar-refractivity contribution in [1.29, 1.82) is 0 Å². The van der Waals surface area contributed by atoms with Crippen LogP contribution in [-0.2, 0) is 0 Å². The number of benzene rings is 2. The monoisotopic (exact) mass is 285 g/mol. The molecule has 2 aromatic carbocycles. The van der Waals surface area contributed by atoms with Crippen LogP contribution in [0.15, 0.2) is 42.5 Å². The predicted molar refractivity (Wildman–Crippen MR) is 86.1 cm³/mol. The third-order valence-corrected chi connectivity index (χ3v) is 3.14. The second-order valence-electron chi connectivity index (χ2n) is 4.79. The van der Waals surface area contributed by atoms with Gasteiger partial charge in [-0.2, -0.15) is 0 Å². The molecule has 2 rings (SSSR count). The lowest BCUT2D eigenvalue weighted by atomic mass is 10.1. The molecule has 0 bridgehead atoms. The Balaban J connectivity index is 2.35. The van der Waals surface area contributed by atoms with E-state index in [9.17, 15) is 4.79 Å². The number of carbonyl (C=O) groups is 1. The van der Waals surface area contributed by atoms with Gasteiger partial charge in [-0.25, -0.2) is 0 Å². The van der Waals surface area contributed by atoms with Gasteiger partial charge in [-0.1, -0.05) is 18.2 Å². The molecule has 0 saturated heterocycles. The van der Waals surface area contributed by atoms with Crippen LogP contribution in [0.3, 0.4) is 0 Å². The van der Waals surface area contributed by atoms with E-state index < -0.39 is 0 Å². The van der Waals surface area contributed by atoms with Crippen LogP contribution >= 0.6 is 0 Å². The molecule has 21 heavy (non-hydrogen) atoms. The van der Waals surface area contributed by atoms with Gasteiger partial charge in [0.05, 0.1) is 18.5 Å². The van der Waals surface area contributed by atoms with E-state index >= 15 is 0 Å². The summed E-state index contributed by atoms with van der Waals surface area (Å²) in [6.07, 6.45) is 0. The van der Waals surface area contributed by atoms with Crippen molar-refractivity contribution in [2.45, 2.75) is 0 Å². The van der Waals surface area contributed by atoms with E-state index in [1.807, 2.05) is 43.3 Å². The van der Waals surface area contributed by atoms with Gasteiger partial charge in [0.15, 0.2) is 0 Å². The lowest BCUT2D eigenvalue weighted by Crippen LogP contribution is -2.18. The number of ether oxygens (including phenoxy) is 1. The molecule has 110 valence electrons. The van der Waals surface area contributed by atoms with Crippen LogP contribution in [0.1, 0.15) is 10.4 Å². The second-order valence-corrected chi connectivity index (χ2v) is 4.79. The fourth-order valence-corrected chi connectivity index (χ4v) is 2.12.